The lowest BCUT2D eigenvalue weighted by molar-refractivity contribution is -0.231. The van der Waals surface area contributed by atoms with Crippen molar-refractivity contribution in [3.8, 4) is 0 Å². The van der Waals surface area contributed by atoms with E-state index in [1.165, 1.54) is 0 Å². The molecule has 0 aromatic heterocycles. The number of rotatable bonds is 2. The van der Waals surface area contributed by atoms with Crippen molar-refractivity contribution in [2.75, 3.05) is 0 Å². The van der Waals surface area contributed by atoms with Crippen LogP contribution in [0.3, 0.4) is 0 Å². The molecular weight excluding hydrogens is 204 g/mol. The molecule has 1 rings (SSSR count). The van der Waals surface area contributed by atoms with Gasteiger partial charge in [0.25, 0.3) is 0 Å². The highest BCUT2D eigenvalue weighted by molar-refractivity contribution is 6.00. The van der Waals surface area contributed by atoms with Gasteiger partial charge in [0.2, 0.25) is 0 Å². The van der Waals surface area contributed by atoms with Gasteiger partial charge in [-0.1, -0.05) is 6.58 Å². The second kappa shape index (κ2) is 3.19. The first-order valence-electron chi connectivity index (χ1n) is 5.42. The van der Waals surface area contributed by atoms with E-state index >= 15 is 0 Å². The molecule has 0 amide bonds. The number of ketones is 1. The monoisotopic (exact) mass is 224 g/mol. The van der Waals surface area contributed by atoms with Crippen molar-refractivity contribution >= 4 is 11.8 Å². The van der Waals surface area contributed by atoms with Crippen molar-refractivity contribution in [3.05, 3.63) is 12.2 Å². The lowest BCUT2D eigenvalue weighted by Gasteiger charge is -2.62. The lowest BCUT2D eigenvalue weighted by atomic mass is 9.44. The summed E-state index contributed by atoms with van der Waals surface area (Å²) >= 11 is 0. The average molecular weight is 224 g/mol. The summed E-state index contributed by atoms with van der Waals surface area (Å²) in [6.07, 6.45) is 0. The van der Waals surface area contributed by atoms with Gasteiger partial charge in [0.15, 0.2) is 5.78 Å². The third-order valence-electron chi connectivity index (χ3n) is 4.17. The van der Waals surface area contributed by atoms with E-state index in [1.807, 2.05) is 34.6 Å². The Morgan fingerprint density at radius 3 is 1.81 bits per heavy atom. The van der Waals surface area contributed by atoms with E-state index in [1.54, 1.807) is 6.92 Å². The largest absolute Gasteiger partial charge is 0.454 e. The van der Waals surface area contributed by atoms with Crippen LogP contribution in [-0.2, 0) is 14.3 Å². The molecule has 90 valence electrons. The van der Waals surface area contributed by atoms with Gasteiger partial charge < -0.3 is 4.74 Å². The number of Topliss-reactive ketones (excluding diaryl/α,β-unsaturated/α-hetero) is 1. The van der Waals surface area contributed by atoms with Gasteiger partial charge in [0.05, 0.1) is 10.8 Å². The molecule has 0 aliphatic heterocycles. The minimum atomic E-state index is -0.771. The van der Waals surface area contributed by atoms with Crippen LogP contribution >= 0.6 is 0 Å². The summed E-state index contributed by atoms with van der Waals surface area (Å²) in [4.78, 5) is 23.6. The highest BCUT2D eigenvalue weighted by atomic mass is 16.6. The van der Waals surface area contributed by atoms with Gasteiger partial charge in [0.1, 0.15) is 5.60 Å². The van der Waals surface area contributed by atoms with Gasteiger partial charge in [-0.25, -0.2) is 4.79 Å². The van der Waals surface area contributed by atoms with E-state index in [2.05, 4.69) is 6.58 Å². The summed E-state index contributed by atoms with van der Waals surface area (Å²) in [6.45, 7) is 14.2. The fourth-order valence-corrected chi connectivity index (χ4v) is 2.46. The zero-order chi connectivity index (χ0) is 12.9. The van der Waals surface area contributed by atoms with Crippen LogP contribution in [0.2, 0.25) is 0 Å². The maximum Gasteiger partial charge on any atom is 0.333 e. The molecule has 0 N–H and O–H groups in total. The summed E-state index contributed by atoms with van der Waals surface area (Å²) < 4.78 is 5.48. The van der Waals surface area contributed by atoms with E-state index < -0.39 is 22.4 Å². The molecule has 0 bridgehead atoms. The summed E-state index contributed by atoms with van der Waals surface area (Å²) in [5.74, 6) is -0.312. The predicted octanol–water partition coefficient (Wildman–Crippen LogP) is 2.50. The second-order valence-corrected chi connectivity index (χ2v) is 5.78. The fourth-order valence-electron chi connectivity index (χ4n) is 2.46. The minimum absolute atomic E-state index is 0.122. The Morgan fingerprint density at radius 1 is 1.12 bits per heavy atom. The molecule has 1 aliphatic carbocycles. The Kier molecular flexibility index (Phi) is 2.58. The number of carbonyl (C=O) groups is 2. The molecular formula is C13H20O3. The first kappa shape index (κ1) is 12.9. The Morgan fingerprint density at radius 2 is 1.50 bits per heavy atom. The number of hydrogen-bond acceptors (Lipinski definition) is 3. The average Bonchev–Trinajstić information content (AvgIpc) is 2.15. The number of ether oxygens (including phenoxy) is 1. The van der Waals surface area contributed by atoms with E-state index in [9.17, 15) is 9.59 Å². The molecule has 1 saturated carbocycles. The highest BCUT2D eigenvalue weighted by Crippen LogP contribution is 2.60. The van der Waals surface area contributed by atoms with Crippen LogP contribution in [-0.4, -0.2) is 17.4 Å². The van der Waals surface area contributed by atoms with Gasteiger partial charge in [-0.3, -0.25) is 4.79 Å². The van der Waals surface area contributed by atoms with Crippen LogP contribution in [0.15, 0.2) is 12.2 Å². The molecule has 0 unspecified atom stereocenters. The van der Waals surface area contributed by atoms with Crippen molar-refractivity contribution < 1.29 is 14.3 Å². The molecule has 1 aliphatic rings. The topological polar surface area (TPSA) is 43.4 Å². The molecule has 3 nitrogen and oxygen atoms in total. The first-order valence-corrected chi connectivity index (χ1v) is 5.42. The van der Waals surface area contributed by atoms with Crippen LogP contribution in [0.25, 0.3) is 0 Å². The molecule has 0 saturated heterocycles. The summed E-state index contributed by atoms with van der Waals surface area (Å²) in [5.41, 5.74) is -1.69. The maximum absolute atomic E-state index is 12.0. The third-order valence-corrected chi connectivity index (χ3v) is 4.17. The van der Waals surface area contributed by atoms with Crippen LogP contribution in [0, 0.1) is 10.8 Å². The molecule has 0 aromatic rings. The Bertz CT molecular complexity index is 357. The minimum Gasteiger partial charge on any atom is -0.454 e. The van der Waals surface area contributed by atoms with Crippen molar-refractivity contribution in [1.29, 1.82) is 0 Å². The molecule has 16 heavy (non-hydrogen) atoms. The van der Waals surface area contributed by atoms with Gasteiger partial charge in [-0.05, 0) is 41.5 Å². The Balaban J connectivity index is 3.05. The number of hydrogen-bond donors (Lipinski definition) is 0. The van der Waals surface area contributed by atoms with Gasteiger partial charge in [-0.15, -0.1) is 0 Å². The normalized spacial score (nSPS) is 24.5. The van der Waals surface area contributed by atoms with E-state index in [0.717, 1.165) is 0 Å². The van der Waals surface area contributed by atoms with Crippen molar-refractivity contribution in [2.24, 2.45) is 10.8 Å². The lowest BCUT2D eigenvalue weighted by Crippen LogP contribution is -2.74. The number of carbonyl (C=O) groups excluding carboxylic acids is 2. The highest BCUT2D eigenvalue weighted by Gasteiger charge is 2.72. The fraction of sp³-hybridized carbons (Fsp3) is 0.692. The molecule has 0 heterocycles. The van der Waals surface area contributed by atoms with E-state index in [0.29, 0.717) is 5.57 Å². The molecule has 0 radical (unpaired) electrons. The number of esters is 1. The van der Waals surface area contributed by atoms with Crippen LogP contribution in [0.1, 0.15) is 41.5 Å². The molecule has 3 heteroatoms. The predicted molar refractivity (Wildman–Crippen MR) is 61.9 cm³/mol. The Labute approximate surface area is 96.9 Å². The van der Waals surface area contributed by atoms with Crippen molar-refractivity contribution in [1.82, 2.24) is 0 Å². The zero-order valence-corrected chi connectivity index (χ0v) is 10.9. The van der Waals surface area contributed by atoms with Gasteiger partial charge in [0, 0.05) is 5.57 Å². The molecule has 0 spiro atoms. The zero-order valence-electron chi connectivity index (χ0n) is 10.9. The Hall–Kier alpha value is -1.12. The third kappa shape index (κ3) is 1.27. The van der Waals surface area contributed by atoms with E-state index in [-0.39, 0.29) is 5.78 Å². The summed E-state index contributed by atoms with van der Waals surface area (Å²) in [7, 11) is 0. The van der Waals surface area contributed by atoms with Crippen LogP contribution in [0.5, 0.6) is 0 Å². The van der Waals surface area contributed by atoms with Crippen molar-refractivity contribution in [3.63, 3.8) is 0 Å². The second-order valence-electron chi connectivity index (χ2n) is 5.78. The van der Waals surface area contributed by atoms with Crippen LogP contribution < -0.4 is 0 Å². The quantitative estimate of drug-likeness (QED) is 0.534. The standard InChI is InChI=1S/C13H20O3/c1-8(2)9(14)16-13(7)11(3,4)10(15)12(13,5)6/h1H2,2-7H3. The van der Waals surface area contributed by atoms with Crippen LogP contribution in [0.4, 0.5) is 0 Å². The molecule has 0 aromatic carbocycles. The van der Waals surface area contributed by atoms with E-state index in [4.69, 9.17) is 4.74 Å². The molecule has 1 fully saturated rings. The maximum atomic E-state index is 12.0. The van der Waals surface area contributed by atoms with Crippen molar-refractivity contribution in [2.45, 2.75) is 47.1 Å². The smallest absolute Gasteiger partial charge is 0.333 e. The molecule has 0 atom stereocenters. The van der Waals surface area contributed by atoms with Gasteiger partial charge >= 0.3 is 5.97 Å². The summed E-state index contributed by atoms with van der Waals surface area (Å²) in [5, 5.41) is 0. The van der Waals surface area contributed by atoms with Gasteiger partial charge in [-0.2, -0.15) is 0 Å². The summed E-state index contributed by atoms with van der Waals surface area (Å²) in [6, 6.07) is 0. The SMILES string of the molecule is C=C(C)C(=O)OC1(C)C(C)(C)C(=O)C1(C)C. The first-order chi connectivity index (χ1) is 6.98.